The number of phenols is 1. The first-order valence-corrected chi connectivity index (χ1v) is 9.13. The summed E-state index contributed by atoms with van der Waals surface area (Å²) in [6.07, 6.45) is 0.940. The lowest BCUT2D eigenvalue weighted by Crippen LogP contribution is -2.51. The molecule has 1 heterocycles. The zero-order valence-corrected chi connectivity index (χ0v) is 15.4. The third-order valence-electron chi connectivity index (χ3n) is 4.71. The van der Waals surface area contributed by atoms with Crippen LogP contribution in [-0.2, 0) is 11.2 Å². The van der Waals surface area contributed by atoms with E-state index in [1.165, 1.54) is 6.07 Å². The van der Waals surface area contributed by atoms with Crippen molar-refractivity contribution < 1.29 is 29.3 Å². The lowest BCUT2D eigenvalue weighted by molar-refractivity contribution is -0.0151. The fourth-order valence-corrected chi connectivity index (χ4v) is 3.25. The van der Waals surface area contributed by atoms with Crippen LogP contribution < -0.4 is 4.74 Å². The minimum Gasteiger partial charge on any atom is -0.507 e. The molecule has 0 radical (unpaired) electrons. The van der Waals surface area contributed by atoms with Crippen LogP contribution in [0.3, 0.4) is 0 Å². The quantitative estimate of drug-likeness (QED) is 0.704. The normalized spacial score (nSPS) is 16.6. The summed E-state index contributed by atoms with van der Waals surface area (Å²) in [5.74, 6) is -0.0422. The standard InChI is InChI=1S/C21H23NO6/c23-10-8-15-4-1-2-5-17(15)21(26)22-9-11-27-13-16(22)14-28-20-7-3-6-19(25)18(20)12-24/h1-7,12,16,23,25H,8-11,13-14H2/t16-/m0/s1. The maximum atomic E-state index is 13.1. The maximum Gasteiger partial charge on any atom is 0.254 e. The number of amides is 1. The fraction of sp³-hybridized carbons (Fsp3) is 0.333. The van der Waals surface area contributed by atoms with E-state index in [-0.39, 0.29) is 42.2 Å². The SMILES string of the molecule is O=Cc1c(O)cccc1OC[C@@H]1COCCN1C(=O)c1ccccc1CCO. The molecule has 28 heavy (non-hydrogen) atoms. The van der Waals surface area contributed by atoms with Crippen LogP contribution in [-0.4, -0.2) is 66.3 Å². The topological polar surface area (TPSA) is 96.3 Å². The second-order valence-electron chi connectivity index (χ2n) is 6.48. The van der Waals surface area contributed by atoms with E-state index >= 15 is 0 Å². The predicted octanol–water partition coefficient (Wildman–Crippen LogP) is 1.66. The first-order valence-electron chi connectivity index (χ1n) is 9.13. The largest absolute Gasteiger partial charge is 0.507 e. The number of phenolic OH excluding ortho intramolecular Hbond substituents is 1. The summed E-state index contributed by atoms with van der Waals surface area (Å²) < 4.78 is 11.2. The van der Waals surface area contributed by atoms with Gasteiger partial charge in [0.1, 0.15) is 18.1 Å². The first-order chi connectivity index (χ1) is 13.7. The van der Waals surface area contributed by atoms with Gasteiger partial charge in [-0.05, 0) is 30.2 Å². The lowest BCUT2D eigenvalue weighted by atomic mass is 10.0. The number of rotatable bonds is 7. The van der Waals surface area contributed by atoms with Crippen molar-refractivity contribution in [3.8, 4) is 11.5 Å². The number of hydrogen-bond donors (Lipinski definition) is 2. The van der Waals surface area contributed by atoms with E-state index < -0.39 is 0 Å². The van der Waals surface area contributed by atoms with E-state index in [2.05, 4.69) is 0 Å². The van der Waals surface area contributed by atoms with Gasteiger partial charge >= 0.3 is 0 Å². The van der Waals surface area contributed by atoms with Gasteiger partial charge in [-0.25, -0.2) is 0 Å². The van der Waals surface area contributed by atoms with Gasteiger partial charge in [-0.15, -0.1) is 0 Å². The number of aldehydes is 1. The Morgan fingerprint density at radius 2 is 2.07 bits per heavy atom. The molecule has 1 saturated heterocycles. The summed E-state index contributed by atoms with van der Waals surface area (Å²) in [6, 6.07) is 11.5. The van der Waals surface area contributed by atoms with Gasteiger partial charge in [0.25, 0.3) is 5.91 Å². The zero-order valence-electron chi connectivity index (χ0n) is 15.4. The molecule has 1 aliphatic rings. The Kier molecular flexibility index (Phi) is 6.62. The van der Waals surface area contributed by atoms with Gasteiger partial charge in [0.15, 0.2) is 6.29 Å². The maximum absolute atomic E-state index is 13.1. The lowest BCUT2D eigenvalue weighted by Gasteiger charge is -2.36. The van der Waals surface area contributed by atoms with E-state index in [1.807, 2.05) is 12.1 Å². The van der Waals surface area contributed by atoms with Gasteiger partial charge in [-0.2, -0.15) is 0 Å². The van der Waals surface area contributed by atoms with Crippen molar-refractivity contribution in [2.24, 2.45) is 0 Å². The summed E-state index contributed by atoms with van der Waals surface area (Å²) in [5.41, 5.74) is 1.41. The van der Waals surface area contributed by atoms with E-state index in [0.29, 0.717) is 38.0 Å². The number of ether oxygens (including phenoxy) is 2. The smallest absolute Gasteiger partial charge is 0.254 e. The van der Waals surface area contributed by atoms with Crippen LogP contribution in [0.4, 0.5) is 0 Å². The van der Waals surface area contributed by atoms with Crippen LogP contribution in [0, 0.1) is 0 Å². The van der Waals surface area contributed by atoms with Crippen LogP contribution in [0.25, 0.3) is 0 Å². The van der Waals surface area contributed by atoms with Gasteiger partial charge in [-0.3, -0.25) is 9.59 Å². The summed E-state index contributed by atoms with van der Waals surface area (Å²) in [4.78, 5) is 26.0. The molecule has 7 heteroatoms. The molecular formula is C21H23NO6. The third-order valence-corrected chi connectivity index (χ3v) is 4.71. The van der Waals surface area contributed by atoms with E-state index in [4.69, 9.17) is 9.47 Å². The molecule has 2 aromatic rings. The predicted molar refractivity (Wildman–Crippen MR) is 102 cm³/mol. The van der Waals surface area contributed by atoms with Crippen molar-refractivity contribution >= 4 is 12.2 Å². The second kappa shape index (κ2) is 9.34. The molecule has 148 valence electrons. The van der Waals surface area contributed by atoms with Crippen molar-refractivity contribution in [3.63, 3.8) is 0 Å². The Labute approximate surface area is 163 Å². The number of aliphatic hydroxyl groups is 1. The van der Waals surface area contributed by atoms with Crippen LogP contribution in [0.5, 0.6) is 11.5 Å². The minimum absolute atomic E-state index is 0.0358. The highest BCUT2D eigenvalue weighted by atomic mass is 16.5. The molecule has 1 amide bonds. The molecule has 2 aromatic carbocycles. The van der Waals surface area contributed by atoms with Gasteiger partial charge in [0.05, 0.1) is 24.8 Å². The van der Waals surface area contributed by atoms with E-state index in [0.717, 1.165) is 5.56 Å². The molecule has 0 aromatic heterocycles. The van der Waals surface area contributed by atoms with E-state index in [9.17, 15) is 19.8 Å². The Bertz CT molecular complexity index is 837. The first kappa shape index (κ1) is 19.9. The average Bonchev–Trinajstić information content (AvgIpc) is 2.72. The van der Waals surface area contributed by atoms with Crippen LogP contribution >= 0.6 is 0 Å². The van der Waals surface area contributed by atoms with Gasteiger partial charge < -0.3 is 24.6 Å². The molecule has 0 aliphatic carbocycles. The molecule has 0 spiro atoms. The second-order valence-corrected chi connectivity index (χ2v) is 6.48. The number of morpholine rings is 1. The Morgan fingerprint density at radius 1 is 1.25 bits per heavy atom. The van der Waals surface area contributed by atoms with Crippen molar-refractivity contribution in [1.29, 1.82) is 0 Å². The van der Waals surface area contributed by atoms with Crippen molar-refractivity contribution in [2.45, 2.75) is 12.5 Å². The number of aliphatic hydroxyl groups excluding tert-OH is 1. The number of nitrogens with zero attached hydrogens (tertiary/aromatic N) is 1. The molecule has 2 N–H and O–H groups in total. The van der Waals surface area contributed by atoms with Crippen molar-refractivity contribution in [3.05, 3.63) is 59.2 Å². The van der Waals surface area contributed by atoms with Crippen LogP contribution in [0.15, 0.2) is 42.5 Å². The van der Waals surface area contributed by atoms with E-state index in [1.54, 1.807) is 29.2 Å². The average molecular weight is 385 g/mol. The molecule has 0 unspecified atom stereocenters. The molecular weight excluding hydrogens is 362 g/mol. The molecule has 1 atom stereocenters. The Balaban J connectivity index is 1.77. The highest BCUT2D eigenvalue weighted by Crippen LogP contribution is 2.26. The number of carbonyl (C=O) groups is 2. The van der Waals surface area contributed by atoms with Crippen molar-refractivity contribution in [1.82, 2.24) is 4.90 Å². The van der Waals surface area contributed by atoms with Gasteiger partial charge in [0, 0.05) is 18.7 Å². The van der Waals surface area contributed by atoms with Crippen LogP contribution in [0.2, 0.25) is 0 Å². The monoisotopic (exact) mass is 385 g/mol. The Hall–Kier alpha value is -2.90. The minimum atomic E-state index is -0.342. The number of benzene rings is 2. The summed E-state index contributed by atoms with van der Waals surface area (Å²) in [6.45, 7) is 1.24. The molecule has 0 bridgehead atoms. The number of carbonyl (C=O) groups excluding carboxylic acids is 2. The van der Waals surface area contributed by atoms with Crippen molar-refractivity contribution in [2.75, 3.05) is 33.0 Å². The number of hydrogen-bond acceptors (Lipinski definition) is 6. The fourth-order valence-electron chi connectivity index (χ4n) is 3.25. The van der Waals surface area contributed by atoms with Crippen LogP contribution in [0.1, 0.15) is 26.3 Å². The molecule has 1 aliphatic heterocycles. The summed E-state index contributed by atoms with van der Waals surface area (Å²) >= 11 is 0. The Morgan fingerprint density at radius 3 is 2.86 bits per heavy atom. The summed E-state index contributed by atoms with van der Waals surface area (Å²) in [7, 11) is 0. The van der Waals surface area contributed by atoms with Gasteiger partial charge in [-0.1, -0.05) is 24.3 Å². The molecule has 1 fully saturated rings. The number of aromatic hydroxyl groups is 1. The summed E-state index contributed by atoms with van der Waals surface area (Å²) in [5, 5.41) is 19.0. The molecule has 3 rings (SSSR count). The zero-order chi connectivity index (χ0) is 19.9. The molecule has 7 nitrogen and oxygen atoms in total. The molecule has 0 saturated carbocycles. The highest BCUT2D eigenvalue weighted by Gasteiger charge is 2.30. The van der Waals surface area contributed by atoms with Gasteiger partial charge in [0.2, 0.25) is 0 Å². The third kappa shape index (κ3) is 4.32. The highest BCUT2D eigenvalue weighted by molar-refractivity contribution is 5.96.